The van der Waals surface area contributed by atoms with E-state index in [2.05, 4.69) is 15.0 Å². The summed E-state index contributed by atoms with van der Waals surface area (Å²) in [7, 11) is 1.46. The van der Waals surface area contributed by atoms with E-state index in [0.29, 0.717) is 0 Å². The number of aromatic nitrogens is 1. The van der Waals surface area contributed by atoms with Crippen LogP contribution >= 0.6 is 0 Å². The Hall–Kier alpha value is -2.47. The Morgan fingerprint density at radius 1 is 1.26 bits per heavy atom. The number of hydrogen-bond acceptors (Lipinski definition) is 3. The molecular formula is C16H18FN4O2+. The number of nitrogens with zero attached hydrogens (tertiary/aromatic N) is 3. The van der Waals surface area contributed by atoms with Crippen LogP contribution in [-0.2, 0) is 11.3 Å². The number of rotatable bonds is 7. The third-order valence-corrected chi connectivity index (χ3v) is 3.58. The van der Waals surface area contributed by atoms with Gasteiger partial charge in [0, 0.05) is 23.7 Å². The maximum absolute atomic E-state index is 13.0. The van der Waals surface area contributed by atoms with Crippen molar-refractivity contribution in [3.63, 3.8) is 0 Å². The number of aromatic amines is 1. The lowest BCUT2D eigenvalue weighted by molar-refractivity contribution is -0.394. The number of azide groups is 1. The van der Waals surface area contributed by atoms with Crippen LogP contribution in [0.4, 0.5) is 4.39 Å². The van der Waals surface area contributed by atoms with Crippen molar-refractivity contribution in [1.29, 1.82) is 0 Å². The Morgan fingerprint density at radius 3 is 2.43 bits per heavy atom. The largest absolute Gasteiger partial charge is 0.385 e. The van der Waals surface area contributed by atoms with Crippen molar-refractivity contribution >= 4 is 0 Å². The molecule has 0 aliphatic heterocycles. The molecule has 2 aromatic rings. The van der Waals surface area contributed by atoms with Crippen LogP contribution in [0.15, 0.2) is 47.7 Å². The molecule has 23 heavy (non-hydrogen) atoms. The zero-order chi connectivity index (χ0) is 16.7. The van der Waals surface area contributed by atoms with E-state index in [1.165, 1.54) is 7.11 Å². The average Bonchev–Trinajstić information content (AvgIpc) is 2.62. The number of aliphatic hydroxyl groups excluding tert-OH is 1. The first kappa shape index (κ1) is 16.9. The highest BCUT2D eigenvalue weighted by atomic mass is 19.1. The van der Waals surface area contributed by atoms with Gasteiger partial charge in [0.25, 0.3) is 0 Å². The lowest BCUT2D eigenvalue weighted by Crippen LogP contribution is -2.20. The molecule has 1 aromatic carbocycles. The molecule has 0 aliphatic rings. The molecule has 0 saturated carbocycles. The number of benzene rings is 1. The summed E-state index contributed by atoms with van der Waals surface area (Å²) < 4.78 is 18.3. The molecular weight excluding hydrogens is 299 g/mol. The van der Waals surface area contributed by atoms with E-state index in [1.807, 2.05) is 36.4 Å². The van der Waals surface area contributed by atoms with Gasteiger partial charge in [-0.2, -0.15) is 0 Å². The Bertz CT molecular complexity index is 669. The summed E-state index contributed by atoms with van der Waals surface area (Å²) in [6, 6.07) is 10.2. The number of hydrogen-bond donors (Lipinski definition) is 1. The van der Waals surface area contributed by atoms with Gasteiger partial charge in [-0.1, -0.05) is 29.4 Å². The molecule has 0 radical (unpaired) electrons. The van der Waals surface area contributed by atoms with Crippen molar-refractivity contribution in [3.05, 3.63) is 64.3 Å². The summed E-state index contributed by atoms with van der Waals surface area (Å²) in [5.74, 6) is 0. The number of aliphatic hydroxyl groups is 1. The Morgan fingerprint density at radius 2 is 1.96 bits per heavy atom. The van der Waals surface area contributed by atoms with Crippen LogP contribution in [0, 0.1) is 0 Å². The zero-order valence-electron chi connectivity index (χ0n) is 12.7. The van der Waals surface area contributed by atoms with E-state index in [-0.39, 0.29) is 6.61 Å². The van der Waals surface area contributed by atoms with Crippen molar-refractivity contribution in [3.8, 4) is 11.1 Å². The zero-order valence-corrected chi connectivity index (χ0v) is 12.7. The van der Waals surface area contributed by atoms with Crippen LogP contribution in [0.25, 0.3) is 21.6 Å². The first-order valence-electron chi connectivity index (χ1n) is 7.08. The lowest BCUT2D eigenvalue weighted by atomic mass is 9.99. The summed E-state index contributed by atoms with van der Waals surface area (Å²) >= 11 is 0. The van der Waals surface area contributed by atoms with Gasteiger partial charge in [-0.05, 0) is 22.7 Å². The van der Waals surface area contributed by atoms with Gasteiger partial charge in [-0.25, -0.2) is 4.98 Å². The molecule has 0 fully saturated rings. The highest BCUT2D eigenvalue weighted by Gasteiger charge is 2.22. The number of methoxy groups -OCH3 is 1. The molecule has 0 spiro atoms. The smallest absolute Gasteiger partial charge is 0.205 e. The second-order valence-electron chi connectivity index (χ2n) is 4.97. The minimum Gasteiger partial charge on any atom is -0.385 e. The molecule has 0 bridgehead atoms. The van der Waals surface area contributed by atoms with E-state index in [4.69, 9.17) is 15.4 Å². The Labute approximate surface area is 133 Å². The number of alkyl halides is 1. The second-order valence-corrected chi connectivity index (χ2v) is 4.97. The predicted octanol–water partition coefficient (Wildman–Crippen LogP) is 3.00. The molecule has 0 aliphatic carbocycles. The van der Waals surface area contributed by atoms with Crippen LogP contribution in [0.5, 0.6) is 0 Å². The molecule has 0 unspecified atom stereocenters. The normalized spacial score (nSPS) is 13.2. The minimum absolute atomic E-state index is 0.0429. The number of H-pyrrole nitrogens is 1. The minimum atomic E-state index is -0.895. The van der Waals surface area contributed by atoms with Gasteiger partial charge in [0.1, 0.15) is 13.3 Å². The highest BCUT2D eigenvalue weighted by Crippen LogP contribution is 2.26. The van der Waals surface area contributed by atoms with Crippen LogP contribution in [-0.4, -0.2) is 24.9 Å². The van der Waals surface area contributed by atoms with Crippen LogP contribution in [0.3, 0.4) is 0 Å². The van der Waals surface area contributed by atoms with E-state index in [1.54, 1.807) is 6.20 Å². The van der Waals surface area contributed by atoms with Crippen molar-refractivity contribution in [2.24, 2.45) is 5.11 Å². The fourth-order valence-corrected chi connectivity index (χ4v) is 2.35. The molecule has 120 valence electrons. The van der Waals surface area contributed by atoms with E-state index in [9.17, 15) is 4.39 Å². The Kier molecular flexibility index (Phi) is 6.05. The van der Waals surface area contributed by atoms with E-state index >= 15 is 0 Å². The predicted molar refractivity (Wildman–Crippen MR) is 83.0 cm³/mol. The van der Waals surface area contributed by atoms with Gasteiger partial charge in [0.2, 0.25) is 5.69 Å². The van der Waals surface area contributed by atoms with E-state index < -0.39 is 18.8 Å². The van der Waals surface area contributed by atoms with E-state index in [0.717, 1.165) is 22.4 Å². The summed E-state index contributed by atoms with van der Waals surface area (Å²) in [5, 5.41) is 12.5. The average molecular weight is 317 g/mol. The van der Waals surface area contributed by atoms with Crippen molar-refractivity contribution < 1.29 is 19.2 Å². The molecule has 1 heterocycles. The lowest BCUT2D eigenvalue weighted by Gasteiger charge is -2.20. The molecule has 0 amide bonds. The third kappa shape index (κ3) is 4.04. The summed E-state index contributed by atoms with van der Waals surface area (Å²) in [6.45, 7) is -0.833. The first-order chi connectivity index (χ1) is 11.2. The van der Waals surface area contributed by atoms with Gasteiger partial charge in [-0.15, -0.1) is 0 Å². The summed E-state index contributed by atoms with van der Waals surface area (Å²) in [6.07, 6.45) is 1.17. The summed E-state index contributed by atoms with van der Waals surface area (Å²) in [5.41, 5.74) is 11.9. The molecule has 2 rings (SSSR count). The summed E-state index contributed by atoms with van der Waals surface area (Å²) in [4.78, 5) is 5.66. The quantitative estimate of drug-likeness (QED) is 0.483. The van der Waals surface area contributed by atoms with Crippen LogP contribution in [0.1, 0.15) is 17.4 Å². The first-order valence-corrected chi connectivity index (χ1v) is 7.08. The van der Waals surface area contributed by atoms with Crippen LogP contribution in [0.2, 0.25) is 0 Å². The van der Waals surface area contributed by atoms with Crippen molar-refractivity contribution in [2.75, 3.05) is 13.8 Å². The maximum Gasteiger partial charge on any atom is 0.205 e. The molecule has 7 heteroatoms. The van der Waals surface area contributed by atoms with Gasteiger partial charge in [-0.3, -0.25) is 4.39 Å². The standard InChI is InChI=1S/C16H17FN4O2/c1-23-16(15(8-17)20-21-18)12-4-2-11(3-5-12)13-6-7-14(10-22)19-9-13/h2-7,9,15-16,22H,8,10H2,1H3/p+1/t15-,16-/m1/s1. The highest BCUT2D eigenvalue weighted by molar-refractivity contribution is 5.62. The van der Waals surface area contributed by atoms with Crippen molar-refractivity contribution in [2.45, 2.75) is 18.8 Å². The molecule has 0 saturated heterocycles. The fraction of sp³-hybridized carbons (Fsp3) is 0.312. The third-order valence-electron chi connectivity index (χ3n) is 3.58. The number of halogens is 1. The molecule has 2 atom stereocenters. The van der Waals surface area contributed by atoms with Crippen molar-refractivity contribution in [1.82, 2.24) is 0 Å². The number of ether oxygens (including phenoxy) is 1. The maximum atomic E-state index is 13.0. The molecule has 2 N–H and O–H groups in total. The van der Waals surface area contributed by atoms with Gasteiger partial charge in [0.15, 0.2) is 6.20 Å². The van der Waals surface area contributed by atoms with Gasteiger partial charge >= 0.3 is 0 Å². The van der Waals surface area contributed by atoms with Crippen LogP contribution < -0.4 is 4.98 Å². The fourth-order valence-electron chi connectivity index (χ4n) is 2.35. The monoisotopic (exact) mass is 317 g/mol. The topological polar surface area (TPSA) is 92.4 Å². The number of nitrogens with one attached hydrogen (secondary N) is 1. The Balaban J connectivity index is 2.24. The second kappa shape index (κ2) is 8.24. The molecule has 1 aromatic heterocycles. The SMILES string of the molecule is CO[C@H](c1ccc(-c2ccc(CO)[nH+]c2)cc1)[C@@H](CF)N=[N+]=[N-]. The van der Waals surface area contributed by atoms with Gasteiger partial charge in [0.05, 0.1) is 12.1 Å². The number of pyridine rings is 1. The molecule has 6 nitrogen and oxygen atoms in total. The van der Waals surface area contributed by atoms with Gasteiger partial charge < -0.3 is 9.84 Å².